The van der Waals surface area contributed by atoms with Crippen LogP contribution < -0.4 is 0 Å². The zero-order chi connectivity index (χ0) is 14.1. The van der Waals surface area contributed by atoms with E-state index in [9.17, 15) is 10.1 Å². The maximum atomic E-state index is 10.8. The van der Waals surface area contributed by atoms with E-state index in [2.05, 4.69) is 9.55 Å². The molecule has 20 heavy (non-hydrogen) atoms. The van der Waals surface area contributed by atoms with E-state index < -0.39 is 4.92 Å². The largest absolute Gasteiger partial charge is 0.330 e. The highest BCUT2D eigenvalue weighted by atomic mass is 35.5. The predicted molar refractivity (Wildman–Crippen MR) is 76.1 cm³/mol. The fourth-order valence-electron chi connectivity index (χ4n) is 2.65. The van der Waals surface area contributed by atoms with Crippen molar-refractivity contribution in [2.75, 3.05) is 0 Å². The lowest BCUT2D eigenvalue weighted by atomic mass is 10.0. The summed E-state index contributed by atoms with van der Waals surface area (Å²) in [5.41, 5.74) is 3.21. The molecule has 3 rings (SSSR count). The molecular formula is C14H14ClN3O2. The van der Waals surface area contributed by atoms with Gasteiger partial charge in [0, 0.05) is 22.8 Å². The average Bonchev–Trinajstić information content (AvgIpc) is 2.84. The lowest BCUT2D eigenvalue weighted by Gasteiger charge is -2.14. The Hall–Kier alpha value is -1.88. The van der Waals surface area contributed by atoms with Crippen molar-refractivity contribution in [1.29, 1.82) is 0 Å². The van der Waals surface area contributed by atoms with Crippen LogP contribution in [0.3, 0.4) is 0 Å². The molecule has 0 atom stereocenters. The van der Waals surface area contributed by atoms with E-state index in [4.69, 9.17) is 11.6 Å². The van der Waals surface area contributed by atoms with E-state index in [1.807, 2.05) is 6.33 Å². The van der Waals surface area contributed by atoms with Gasteiger partial charge in [0.2, 0.25) is 0 Å². The Morgan fingerprint density at radius 2 is 2.15 bits per heavy atom. The lowest BCUT2D eigenvalue weighted by molar-refractivity contribution is -0.384. The summed E-state index contributed by atoms with van der Waals surface area (Å²) in [6.07, 6.45) is 6.20. The first-order chi connectivity index (χ1) is 9.65. The van der Waals surface area contributed by atoms with Crippen LogP contribution in [0.2, 0.25) is 5.02 Å². The zero-order valence-corrected chi connectivity index (χ0v) is 11.6. The second kappa shape index (κ2) is 5.25. The fraction of sp³-hybridized carbons (Fsp3) is 0.357. The van der Waals surface area contributed by atoms with Crippen LogP contribution in [0.1, 0.15) is 29.8 Å². The quantitative estimate of drug-likeness (QED) is 0.643. The Bertz CT molecular complexity index is 666. The van der Waals surface area contributed by atoms with Crippen molar-refractivity contribution in [1.82, 2.24) is 9.55 Å². The van der Waals surface area contributed by atoms with Crippen molar-refractivity contribution in [2.45, 2.75) is 32.2 Å². The van der Waals surface area contributed by atoms with Crippen LogP contribution in [0, 0.1) is 10.1 Å². The third kappa shape index (κ3) is 2.41. The number of halogens is 1. The van der Waals surface area contributed by atoms with Gasteiger partial charge < -0.3 is 4.57 Å². The third-order valence-corrected chi connectivity index (χ3v) is 4.06. The number of non-ortho nitro benzene ring substituents is 1. The summed E-state index contributed by atoms with van der Waals surface area (Å²) < 4.78 is 2.05. The number of benzene rings is 1. The summed E-state index contributed by atoms with van der Waals surface area (Å²) in [4.78, 5) is 14.9. The van der Waals surface area contributed by atoms with Crippen LogP contribution in [-0.4, -0.2) is 14.5 Å². The van der Waals surface area contributed by atoms with Gasteiger partial charge in [-0.05, 0) is 37.3 Å². The number of nitro benzene ring substituents is 1. The molecular weight excluding hydrogens is 278 g/mol. The number of nitro groups is 1. The maximum absolute atomic E-state index is 10.8. The molecule has 2 aromatic rings. The van der Waals surface area contributed by atoms with Crippen LogP contribution in [0.25, 0.3) is 0 Å². The van der Waals surface area contributed by atoms with E-state index in [1.165, 1.54) is 30.7 Å². The van der Waals surface area contributed by atoms with Gasteiger partial charge in [0.15, 0.2) is 0 Å². The van der Waals surface area contributed by atoms with E-state index in [0.717, 1.165) is 24.1 Å². The molecule has 1 aromatic carbocycles. The number of hydrogen-bond donors (Lipinski definition) is 0. The van der Waals surface area contributed by atoms with E-state index in [1.54, 1.807) is 6.07 Å². The normalized spacial score (nSPS) is 14.1. The molecule has 0 unspecified atom stereocenters. The molecule has 0 bridgehead atoms. The Morgan fingerprint density at radius 1 is 1.35 bits per heavy atom. The monoisotopic (exact) mass is 291 g/mol. The summed E-state index contributed by atoms with van der Waals surface area (Å²) in [5.74, 6) is 0. The predicted octanol–water partition coefficient (Wildman–Crippen LogP) is 3.37. The van der Waals surface area contributed by atoms with Gasteiger partial charge in [0.25, 0.3) is 5.69 Å². The summed E-state index contributed by atoms with van der Waals surface area (Å²) in [5, 5.41) is 11.4. The standard InChI is InChI=1S/C14H14ClN3O2/c15-12-6-5-11(18(19)20)7-10(12)8-17-9-16-13-3-1-2-4-14(13)17/h5-7,9H,1-4,8H2. The molecule has 0 aliphatic heterocycles. The van der Waals surface area contributed by atoms with Gasteiger partial charge in [-0.2, -0.15) is 0 Å². The summed E-state index contributed by atoms with van der Waals surface area (Å²) in [6, 6.07) is 4.55. The van der Waals surface area contributed by atoms with Crippen molar-refractivity contribution in [3.05, 3.63) is 56.6 Å². The minimum absolute atomic E-state index is 0.0679. The molecule has 1 aliphatic rings. The van der Waals surface area contributed by atoms with Gasteiger partial charge in [0.05, 0.1) is 23.5 Å². The van der Waals surface area contributed by atoms with E-state index in [0.29, 0.717) is 11.6 Å². The molecule has 0 radical (unpaired) electrons. The number of nitrogens with zero attached hydrogens (tertiary/aromatic N) is 3. The van der Waals surface area contributed by atoms with Crippen LogP contribution in [-0.2, 0) is 19.4 Å². The Kier molecular flexibility index (Phi) is 3.44. The highest BCUT2D eigenvalue weighted by molar-refractivity contribution is 6.31. The first kappa shape index (κ1) is 13.1. The second-order valence-electron chi connectivity index (χ2n) is 5.01. The molecule has 1 heterocycles. The topological polar surface area (TPSA) is 61.0 Å². The minimum atomic E-state index is -0.400. The smallest absolute Gasteiger partial charge is 0.269 e. The first-order valence-corrected chi connectivity index (χ1v) is 6.98. The highest BCUT2D eigenvalue weighted by Gasteiger charge is 2.17. The van der Waals surface area contributed by atoms with Gasteiger partial charge in [-0.3, -0.25) is 10.1 Å². The Balaban J connectivity index is 1.93. The molecule has 6 heteroatoms. The molecule has 1 aromatic heterocycles. The molecule has 0 spiro atoms. The summed E-state index contributed by atoms with van der Waals surface area (Å²) in [7, 11) is 0. The number of imidazole rings is 1. The maximum Gasteiger partial charge on any atom is 0.269 e. The van der Waals surface area contributed by atoms with Crippen LogP contribution in [0.4, 0.5) is 5.69 Å². The Labute approximate surface area is 121 Å². The zero-order valence-electron chi connectivity index (χ0n) is 10.9. The number of fused-ring (bicyclic) bond motifs is 1. The van der Waals surface area contributed by atoms with Gasteiger partial charge >= 0.3 is 0 Å². The lowest BCUT2D eigenvalue weighted by Crippen LogP contribution is -2.09. The number of aromatic nitrogens is 2. The van der Waals surface area contributed by atoms with Crippen molar-refractivity contribution >= 4 is 17.3 Å². The van der Waals surface area contributed by atoms with Gasteiger partial charge in [0.1, 0.15) is 0 Å². The third-order valence-electron chi connectivity index (χ3n) is 3.69. The van der Waals surface area contributed by atoms with Crippen LogP contribution >= 0.6 is 11.6 Å². The highest BCUT2D eigenvalue weighted by Crippen LogP contribution is 2.25. The molecule has 1 aliphatic carbocycles. The van der Waals surface area contributed by atoms with E-state index in [-0.39, 0.29) is 5.69 Å². The van der Waals surface area contributed by atoms with Crippen molar-refractivity contribution in [3.63, 3.8) is 0 Å². The molecule has 104 valence electrons. The van der Waals surface area contributed by atoms with Crippen LogP contribution in [0.5, 0.6) is 0 Å². The minimum Gasteiger partial charge on any atom is -0.330 e. The van der Waals surface area contributed by atoms with Crippen molar-refractivity contribution in [2.24, 2.45) is 0 Å². The molecule has 5 nitrogen and oxygen atoms in total. The first-order valence-electron chi connectivity index (χ1n) is 6.61. The number of rotatable bonds is 3. The SMILES string of the molecule is O=[N+]([O-])c1ccc(Cl)c(Cn2cnc3c2CCCC3)c1. The van der Waals surface area contributed by atoms with Gasteiger partial charge in [-0.1, -0.05) is 11.6 Å². The van der Waals surface area contributed by atoms with Gasteiger partial charge in [-0.15, -0.1) is 0 Å². The number of aryl methyl sites for hydroxylation is 1. The fourth-order valence-corrected chi connectivity index (χ4v) is 2.82. The van der Waals surface area contributed by atoms with E-state index >= 15 is 0 Å². The number of hydrogen-bond acceptors (Lipinski definition) is 3. The molecule has 0 saturated carbocycles. The molecule has 0 saturated heterocycles. The molecule has 0 N–H and O–H groups in total. The van der Waals surface area contributed by atoms with Crippen molar-refractivity contribution < 1.29 is 4.92 Å². The van der Waals surface area contributed by atoms with Crippen molar-refractivity contribution in [3.8, 4) is 0 Å². The van der Waals surface area contributed by atoms with Crippen LogP contribution in [0.15, 0.2) is 24.5 Å². The summed E-state index contributed by atoms with van der Waals surface area (Å²) in [6.45, 7) is 0.531. The summed E-state index contributed by atoms with van der Waals surface area (Å²) >= 11 is 6.14. The molecule has 0 fully saturated rings. The Morgan fingerprint density at radius 3 is 2.95 bits per heavy atom. The van der Waals surface area contributed by atoms with Gasteiger partial charge in [-0.25, -0.2) is 4.98 Å². The average molecular weight is 292 g/mol. The second-order valence-corrected chi connectivity index (χ2v) is 5.41. The molecule has 0 amide bonds.